The van der Waals surface area contributed by atoms with Gasteiger partial charge in [-0.3, -0.25) is 4.79 Å². The largest absolute Gasteiger partial charge is 0.385 e. The average Bonchev–Trinajstić information content (AvgIpc) is 2.80. The monoisotopic (exact) mass is 444 g/mol. The van der Waals surface area contributed by atoms with Gasteiger partial charge in [-0.1, -0.05) is 146 Å². The van der Waals surface area contributed by atoms with Gasteiger partial charge in [-0.05, 0) is 31.7 Å². The lowest BCUT2D eigenvalue weighted by atomic mass is 10.0. The van der Waals surface area contributed by atoms with Crippen LogP contribution in [0.3, 0.4) is 0 Å². The molecule has 0 radical (unpaired) electrons. The molecular weight excluding hydrogens is 392 g/mol. The van der Waals surface area contributed by atoms with Crippen molar-refractivity contribution in [3.05, 3.63) is 35.9 Å². The summed E-state index contributed by atoms with van der Waals surface area (Å²) in [5, 5.41) is 9.46. The van der Waals surface area contributed by atoms with E-state index in [1.165, 1.54) is 128 Å². The van der Waals surface area contributed by atoms with Gasteiger partial charge in [-0.2, -0.15) is 0 Å². The number of rotatable bonds is 23. The molecule has 0 fully saturated rings. The van der Waals surface area contributed by atoms with Crippen molar-refractivity contribution in [2.75, 3.05) is 0 Å². The number of ketones is 1. The van der Waals surface area contributed by atoms with Crippen LogP contribution in [0.15, 0.2) is 30.3 Å². The molecule has 0 amide bonds. The smallest absolute Gasteiger partial charge is 0.158 e. The number of Topliss-reactive ketones (excluding diaryl/α,β-unsaturated/α-hetero) is 1. The number of aryl methyl sites for hydroxylation is 1. The maximum Gasteiger partial charge on any atom is 0.158 e. The molecule has 0 aromatic heterocycles. The first kappa shape index (κ1) is 28.9. The van der Waals surface area contributed by atoms with Gasteiger partial charge in [0.25, 0.3) is 0 Å². The highest BCUT2D eigenvalue weighted by Crippen LogP contribution is 2.15. The predicted molar refractivity (Wildman–Crippen MR) is 139 cm³/mol. The van der Waals surface area contributed by atoms with Crippen LogP contribution in [-0.4, -0.2) is 17.0 Å². The summed E-state index contributed by atoms with van der Waals surface area (Å²) in [5.41, 5.74) is 1.49. The summed E-state index contributed by atoms with van der Waals surface area (Å²) in [7, 11) is 0. The Morgan fingerprint density at radius 1 is 0.594 bits per heavy atom. The molecule has 0 bridgehead atoms. The van der Waals surface area contributed by atoms with Crippen molar-refractivity contribution in [2.24, 2.45) is 0 Å². The Kier molecular flexibility index (Phi) is 19.6. The quantitative estimate of drug-likeness (QED) is 0.171. The first-order valence-electron chi connectivity index (χ1n) is 13.9. The van der Waals surface area contributed by atoms with Crippen molar-refractivity contribution < 1.29 is 9.90 Å². The predicted octanol–water partition coefficient (Wildman–Crippen LogP) is 8.98. The number of aliphatic hydroxyl groups is 1. The molecular formula is C30H52O2. The molecule has 1 unspecified atom stereocenters. The van der Waals surface area contributed by atoms with Crippen LogP contribution in [0.5, 0.6) is 0 Å². The zero-order valence-electron chi connectivity index (χ0n) is 21.2. The maximum atomic E-state index is 11.0. The van der Waals surface area contributed by atoms with Crippen molar-refractivity contribution in [2.45, 2.75) is 148 Å². The summed E-state index contributed by atoms with van der Waals surface area (Å²) < 4.78 is 0. The average molecular weight is 445 g/mol. The van der Waals surface area contributed by atoms with Gasteiger partial charge in [0, 0.05) is 0 Å². The van der Waals surface area contributed by atoms with Gasteiger partial charge in [-0.25, -0.2) is 0 Å². The van der Waals surface area contributed by atoms with Crippen LogP contribution in [0.4, 0.5) is 0 Å². The molecule has 2 heteroatoms. The van der Waals surface area contributed by atoms with E-state index < -0.39 is 6.10 Å². The van der Waals surface area contributed by atoms with E-state index in [0.717, 1.165) is 12.8 Å². The molecule has 0 saturated heterocycles. The van der Waals surface area contributed by atoms with Crippen molar-refractivity contribution >= 4 is 5.78 Å². The number of hydrogen-bond acceptors (Lipinski definition) is 2. The van der Waals surface area contributed by atoms with E-state index in [9.17, 15) is 9.90 Å². The summed E-state index contributed by atoms with van der Waals surface area (Å²) in [6, 6.07) is 10.9. The van der Waals surface area contributed by atoms with Gasteiger partial charge in [0.2, 0.25) is 0 Å². The Labute approximate surface area is 199 Å². The Balaban J connectivity index is 1.68. The fourth-order valence-electron chi connectivity index (χ4n) is 4.52. The summed E-state index contributed by atoms with van der Waals surface area (Å²) in [4.78, 5) is 11.0. The molecule has 0 heterocycles. The zero-order valence-corrected chi connectivity index (χ0v) is 21.2. The Morgan fingerprint density at radius 3 is 1.31 bits per heavy atom. The lowest BCUT2D eigenvalue weighted by Crippen LogP contribution is -2.16. The summed E-state index contributed by atoms with van der Waals surface area (Å²) in [6.07, 6.45) is 27.0. The molecule has 184 valence electrons. The van der Waals surface area contributed by atoms with Crippen molar-refractivity contribution in [3.8, 4) is 0 Å². The molecule has 1 aromatic rings. The Bertz CT molecular complexity index is 525. The van der Waals surface area contributed by atoms with Gasteiger partial charge >= 0.3 is 0 Å². The van der Waals surface area contributed by atoms with Crippen LogP contribution in [-0.2, 0) is 11.2 Å². The summed E-state index contributed by atoms with van der Waals surface area (Å²) in [5.74, 6) is -0.0919. The molecule has 0 saturated carbocycles. The minimum Gasteiger partial charge on any atom is -0.385 e. The Hall–Kier alpha value is -1.15. The highest BCUT2D eigenvalue weighted by Gasteiger charge is 2.08. The molecule has 1 atom stereocenters. The van der Waals surface area contributed by atoms with Crippen molar-refractivity contribution in [1.29, 1.82) is 0 Å². The maximum absolute atomic E-state index is 11.0. The van der Waals surface area contributed by atoms with E-state index in [1.54, 1.807) is 0 Å². The molecule has 1 aromatic carbocycles. The number of aliphatic hydroxyl groups excluding tert-OH is 1. The normalized spacial score (nSPS) is 12.2. The number of carbonyl (C=O) groups excluding carboxylic acids is 1. The third-order valence-corrected chi connectivity index (χ3v) is 6.76. The molecule has 0 aliphatic rings. The van der Waals surface area contributed by atoms with E-state index in [-0.39, 0.29) is 5.78 Å². The molecule has 32 heavy (non-hydrogen) atoms. The zero-order chi connectivity index (χ0) is 23.1. The van der Waals surface area contributed by atoms with Crippen LogP contribution in [0.1, 0.15) is 141 Å². The van der Waals surface area contributed by atoms with E-state index in [0.29, 0.717) is 6.42 Å². The second-order valence-corrected chi connectivity index (χ2v) is 9.87. The topological polar surface area (TPSA) is 37.3 Å². The molecule has 1 N–H and O–H groups in total. The van der Waals surface area contributed by atoms with Gasteiger partial charge in [-0.15, -0.1) is 0 Å². The molecule has 2 nitrogen and oxygen atoms in total. The standard InChI is InChI=1S/C30H52O2/c1-28(31)30(32)27-23-18-16-14-12-10-8-6-4-2-3-5-7-9-11-13-15-17-20-24-29-25-21-19-22-26-29/h19,21-22,25-26,30,32H,2-18,20,23-24,27H2,1H3. The first-order valence-corrected chi connectivity index (χ1v) is 13.9. The number of unbranched alkanes of at least 4 members (excludes halogenated alkanes) is 18. The number of hydrogen-bond donors (Lipinski definition) is 1. The summed E-state index contributed by atoms with van der Waals surface area (Å²) >= 11 is 0. The van der Waals surface area contributed by atoms with E-state index in [2.05, 4.69) is 30.3 Å². The third-order valence-electron chi connectivity index (χ3n) is 6.76. The third kappa shape index (κ3) is 18.4. The highest BCUT2D eigenvalue weighted by atomic mass is 16.3. The van der Waals surface area contributed by atoms with Gasteiger partial charge < -0.3 is 5.11 Å². The minimum absolute atomic E-state index is 0.0919. The minimum atomic E-state index is -0.727. The van der Waals surface area contributed by atoms with E-state index >= 15 is 0 Å². The van der Waals surface area contributed by atoms with Crippen molar-refractivity contribution in [3.63, 3.8) is 0 Å². The fraction of sp³-hybridized carbons (Fsp3) is 0.767. The van der Waals surface area contributed by atoms with Gasteiger partial charge in [0.05, 0.1) is 0 Å². The fourth-order valence-corrected chi connectivity index (χ4v) is 4.52. The summed E-state index contributed by atoms with van der Waals surface area (Å²) in [6.45, 7) is 1.47. The lowest BCUT2D eigenvalue weighted by molar-refractivity contribution is -0.125. The molecule has 0 aliphatic heterocycles. The van der Waals surface area contributed by atoms with Crippen LogP contribution < -0.4 is 0 Å². The SMILES string of the molecule is CC(=O)C(O)CCCCCCCCCCCCCCCCCCCCCc1ccccc1. The van der Waals surface area contributed by atoms with Gasteiger partial charge in [0.1, 0.15) is 6.10 Å². The number of benzene rings is 1. The number of carbonyl (C=O) groups is 1. The molecule has 0 aliphatic carbocycles. The van der Waals surface area contributed by atoms with E-state index in [1.807, 2.05) is 0 Å². The highest BCUT2D eigenvalue weighted by molar-refractivity contribution is 5.79. The van der Waals surface area contributed by atoms with Crippen LogP contribution in [0.2, 0.25) is 0 Å². The molecule has 0 spiro atoms. The van der Waals surface area contributed by atoms with E-state index in [4.69, 9.17) is 0 Å². The second-order valence-electron chi connectivity index (χ2n) is 9.87. The van der Waals surface area contributed by atoms with Crippen LogP contribution in [0, 0.1) is 0 Å². The van der Waals surface area contributed by atoms with Gasteiger partial charge in [0.15, 0.2) is 5.78 Å². The van der Waals surface area contributed by atoms with Crippen LogP contribution >= 0.6 is 0 Å². The first-order chi connectivity index (χ1) is 15.7. The second kappa shape index (κ2) is 21.7. The lowest BCUT2D eigenvalue weighted by Gasteiger charge is -2.06. The van der Waals surface area contributed by atoms with Crippen LogP contribution in [0.25, 0.3) is 0 Å². The van der Waals surface area contributed by atoms with Crippen molar-refractivity contribution in [1.82, 2.24) is 0 Å². The Morgan fingerprint density at radius 2 is 0.938 bits per heavy atom. The molecule has 1 rings (SSSR count).